The van der Waals surface area contributed by atoms with Gasteiger partial charge in [0.15, 0.2) is 0 Å². The summed E-state index contributed by atoms with van der Waals surface area (Å²) in [6, 6.07) is 6.63. The van der Waals surface area contributed by atoms with Crippen LogP contribution in [0.5, 0.6) is 0 Å². The molecule has 7 heteroatoms. The lowest BCUT2D eigenvalue weighted by Gasteiger charge is -2.32. The molecule has 5 nitrogen and oxygen atoms in total. The maximum atomic E-state index is 13.0. The fraction of sp³-hybridized carbons (Fsp3) is 0.538. The Hall–Kier alpha value is -1.02. The van der Waals surface area contributed by atoms with Gasteiger partial charge in [0, 0.05) is 26.2 Å². The first-order chi connectivity index (χ1) is 9.45. The Morgan fingerprint density at radius 2 is 1.90 bits per heavy atom. The molecular formula is C13H20FN3O2S. The van der Waals surface area contributed by atoms with Crippen LogP contribution in [0.3, 0.4) is 0 Å². The predicted octanol–water partition coefficient (Wildman–Crippen LogP) is 0.579. The monoisotopic (exact) mass is 301 g/mol. The number of halogens is 1. The highest BCUT2D eigenvalue weighted by Gasteiger charge is 2.23. The molecule has 1 saturated heterocycles. The normalized spacial score (nSPS) is 18.3. The molecule has 0 bridgehead atoms. The number of hydrogen-bond acceptors (Lipinski definition) is 3. The van der Waals surface area contributed by atoms with Crippen LogP contribution in [0.2, 0.25) is 0 Å². The van der Waals surface area contributed by atoms with Gasteiger partial charge in [-0.3, -0.25) is 0 Å². The van der Waals surface area contributed by atoms with Gasteiger partial charge in [0.1, 0.15) is 5.82 Å². The summed E-state index contributed by atoms with van der Waals surface area (Å²) in [5.74, 6) is -0.204. The third-order valence-electron chi connectivity index (χ3n) is 3.52. The van der Waals surface area contributed by atoms with Gasteiger partial charge in [-0.1, -0.05) is 12.1 Å². The Kier molecular flexibility index (Phi) is 5.09. The van der Waals surface area contributed by atoms with Crippen LogP contribution in [0.25, 0.3) is 0 Å². The van der Waals surface area contributed by atoms with Crippen LogP contribution in [0.15, 0.2) is 24.3 Å². The smallest absolute Gasteiger partial charge is 0.276 e. The summed E-state index contributed by atoms with van der Waals surface area (Å²) >= 11 is 0. The van der Waals surface area contributed by atoms with Gasteiger partial charge in [-0.05, 0) is 37.1 Å². The number of piperazine rings is 1. The minimum atomic E-state index is -3.55. The molecule has 0 amide bonds. The van der Waals surface area contributed by atoms with E-state index in [1.54, 1.807) is 12.1 Å². The minimum Gasteiger partial charge on any atom is -0.301 e. The highest BCUT2D eigenvalue weighted by atomic mass is 32.2. The molecule has 112 valence electrons. The van der Waals surface area contributed by atoms with Crippen molar-refractivity contribution in [2.75, 3.05) is 32.7 Å². The molecule has 0 radical (unpaired) electrons. The van der Waals surface area contributed by atoms with Crippen LogP contribution in [0.4, 0.5) is 4.39 Å². The number of nitrogens with two attached hydrogens (primary N) is 1. The first kappa shape index (κ1) is 15.4. The van der Waals surface area contributed by atoms with E-state index in [-0.39, 0.29) is 5.82 Å². The Balaban J connectivity index is 1.71. The molecule has 0 spiro atoms. The zero-order valence-corrected chi connectivity index (χ0v) is 12.2. The quantitative estimate of drug-likeness (QED) is 0.865. The summed E-state index contributed by atoms with van der Waals surface area (Å²) in [6.07, 6.45) is 1.76. The molecule has 1 aliphatic heterocycles. The van der Waals surface area contributed by atoms with Crippen molar-refractivity contribution in [3.63, 3.8) is 0 Å². The number of hydrogen-bond donors (Lipinski definition) is 1. The fourth-order valence-corrected chi connectivity index (χ4v) is 3.08. The topological polar surface area (TPSA) is 66.6 Å². The van der Waals surface area contributed by atoms with Crippen LogP contribution in [0.1, 0.15) is 12.0 Å². The van der Waals surface area contributed by atoms with Gasteiger partial charge in [-0.25, -0.2) is 9.53 Å². The molecule has 2 N–H and O–H groups in total. The second-order valence-electron chi connectivity index (χ2n) is 5.02. The molecule has 1 aromatic rings. The fourth-order valence-electron chi connectivity index (χ4n) is 2.41. The van der Waals surface area contributed by atoms with E-state index in [1.807, 2.05) is 6.07 Å². The number of benzene rings is 1. The molecule has 1 heterocycles. The minimum absolute atomic E-state index is 0.204. The molecule has 0 aliphatic carbocycles. The van der Waals surface area contributed by atoms with Crippen molar-refractivity contribution < 1.29 is 12.8 Å². The van der Waals surface area contributed by atoms with Crippen molar-refractivity contribution in [1.82, 2.24) is 9.21 Å². The Bertz CT molecular complexity index is 542. The average molecular weight is 301 g/mol. The summed E-state index contributed by atoms with van der Waals surface area (Å²) in [4.78, 5) is 2.21. The van der Waals surface area contributed by atoms with Crippen molar-refractivity contribution in [2.24, 2.45) is 5.14 Å². The summed E-state index contributed by atoms with van der Waals surface area (Å²) < 4.78 is 36.7. The molecule has 1 fully saturated rings. The lowest BCUT2D eigenvalue weighted by atomic mass is 10.1. The zero-order chi connectivity index (χ0) is 14.6. The first-order valence-corrected chi connectivity index (χ1v) is 8.20. The summed E-state index contributed by atoms with van der Waals surface area (Å²) in [7, 11) is -3.55. The van der Waals surface area contributed by atoms with Crippen molar-refractivity contribution >= 4 is 10.2 Å². The SMILES string of the molecule is NS(=O)(=O)N1CCN(CCCc2cccc(F)c2)CC1. The molecule has 2 rings (SSSR count). The summed E-state index contributed by atoms with van der Waals surface area (Å²) in [6.45, 7) is 3.16. The largest absolute Gasteiger partial charge is 0.301 e. The van der Waals surface area contributed by atoms with Crippen molar-refractivity contribution in [3.8, 4) is 0 Å². The van der Waals surface area contributed by atoms with Gasteiger partial charge >= 0.3 is 0 Å². The maximum absolute atomic E-state index is 13.0. The van der Waals surface area contributed by atoms with Gasteiger partial charge < -0.3 is 4.90 Å². The molecule has 0 atom stereocenters. The van der Waals surface area contributed by atoms with E-state index in [0.29, 0.717) is 26.2 Å². The molecular weight excluding hydrogens is 281 g/mol. The number of nitrogens with zero attached hydrogens (tertiary/aromatic N) is 2. The van der Waals surface area contributed by atoms with Crippen molar-refractivity contribution in [1.29, 1.82) is 0 Å². The molecule has 0 unspecified atom stereocenters. The maximum Gasteiger partial charge on any atom is 0.276 e. The van der Waals surface area contributed by atoms with Crippen LogP contribution >= 0.6 is 0 Å². The van der Waals surface area contributed by atoms with Gasteiger partial charge in [0.2, 0.25) is 0 Å². The Labute approximate surface area is 119 Å². The zero-order valence-electron chi connectivity index (χ0n) is 11.3. The van der Waals surface area contributed by atoms with Crippen LogP contribution < -0.4 is 5.14 Å². The Morgan fingerprint density at radius 1 is 1.20 bits per heavy atom. The molecule has 0 saturated carbocycles. The predicted molar refractivity (Wildman–Crippen MR) is 75.8 cm³/mol. The Morgan fingerprint density at radius 3 is 2.50 bits per heavy atom. The van der Waals surface area contributed by atoms with Gasteiger partial charge in [0.05, 0.1) is 0 Å². The molecule has 0 aromatic heterocycles. The van der Waals surface area contributed by atoms with E-state index < -0.39 is 10.2 Å². The van der Waals surface area contributed by atoms with Gasteiger partial charge in [0.25, 0.3) is 10.2 Å². The summed E-state index contributed by atoms with van der Waals surface area (Å²) in [5.41, 5.74) is 0.994. The standard InChI is InChI=1S/C13H20FN3O2S/c14-13-5-1-3-12(11-13)4-2-6-16-7-9-17(10-8-16)20(15,18)19/h1,3,5,11H,2,4,6-10H2,(H2,15,18,19). The van der Waals surface area contributed by atoms with Gasteiger partial charge in [-0.15, -0.1) is 0 Å². The second-order valence-corrected chi connectivity index (χ2v) is 6.57. The first-order valence-electron chi connectivity index (χ1n) is 6.70. The highest BCUT2D eigenvalue weighted by Crippen LogP contribution is 2.09. The molecule has 1 aromatic carbocycles. The third-order valence-corrected chi connectivity index (χ3v) is 4.60. The van der Waals surface area contributed by atoms with E-state index in [9.17, 15) is 12.8 Å². The second kappa shape index (κ2) is 6.62. The van der Waals surface area contributed by atoms with Crippen LogP contribution in [0, 0.1) is 5.82 Å². The van der Waals surface area contributed by atoms with E-state index >= 15 is 0 Å². The van der Waals surface area contributed by atoms with Crippen LogP contribution in [-0.4, -0.2) is 50.3 Å². The van der Waals surface area contributed by atoms with Crippen LogP contribution in [-0.2, 0) is 16.6 Å². The molecule has 20 heavy (non-hydrogen) atoms. The van der Waals surface area contributed by atoms with E-state index in [2.05, 4.69) is 4.90 Å². The molecule has 1 aliphatic rings. The summed E-state index contributed by atoms with van der Waals surface area (Å²) in [5, 5.41) is 5.09. The highest BCUT2D eigenvalue weighted by molar-refractivity contribution is 7.86. The van der Waals surface area contributed by atoms with E-state index in [0.717, 1.165) is 24.9 Å². The number of aryl methyl sites for hydroxylation is 1. The van der Waals surface area contributed by atoms with Crippen molar-refractivity contribution in [2.45, 2.75) is 12.8 Å². The van der Waals surface area contributed by atoms with E-state index in [1.165, 1.54) is 10.4 Å². The third kappa shape index (κ3) is 4.52. The van der Waals surface area contributed by atoms with Crippen molar-refractivity contribution in [3.05, 3.63) is 35.6 Å². The average Bonchev–Trinajstić information content (AvgIpc) is 2.38. The lowest BCUT2D eigenvalue weighted by Crippen LogP contribution is -2.50. The lowest BCUT2D eigenvalue weighted by molar-refractivity contribution is 0.187. The van der Waals surface area contributed by atoms with E-state index in [4.69, 9.17) is 5.14 Å². The van der Waals surface area contributed by atoms with Gasteiger partial charge in [-0.2, -0.15) is 12.7 Å². The number of rotatable bonds is 5.